The number of carbonyl (C=O) groups is 2. The molecule has 0 spiro atoms. The van der Waals surface area contributed by atoms with Crippen LogP contribution in [0.4, 0.5) is 0 Å². The molecule has 2 rings (SSSR count). The first-order valence-corrected chi connectivity index (χ1v) is 6.98. The van der Waals surface area contributed by atoms with Gasteiger partial charge in [0.05, 0.1) is 0 Å². The third-order valence-electron chi connectivity index (χ3n) is 3.15. The van der Waals surface area contributed by atoms with E-state index >= 15 is 0 Å². The van der Waals surface area contributed by atoms with E-state index in [0.717, 1.165) is 11.1 Å². The van der Waals surface area contributed by atoms with Gasteiger partial charge in [0.15, 0.2) is 0 Å². The Morgan fingerprint density at radius 2 is 1.95 bits per heavy atom. The molecule has 0 N–H and O–H groups in total. The molecule has 0 radical (unpaired) electrons. The molecule has 1 aliphatic rings. The normalized spacial score (nSPS) is 20.3. The maximum Gasteiger partial charge on any atom is 0.306 e. The Morgan fingerprint density at radius 1 is 1.24 bits per heavy atom. The van der Waals surface area contributed by atoms with Gasteiger partial charge in [0.1, 0.15) is 12.2 Å². The molecule has 112 valence electrons. The zero-order valence-corrected chi connectivity index (χ0v) is 12.2. The summed E-state index contributed by atoms with van der Waals surface area (Å²) in [4.78, 5) is 26.7. The number of esters is 2. The van der Waals surface area contributed by atoms with E-state index < -0.39 is 0 Å². The van der Waals surface area contributed by atoms with Crippen LogP contribution in [-0.4, -0.2) is 29.1 Å². The van der Waals surface area contributed by atoms with Gasteiger partial charge in [0.25, 0.3) is 0 Å². The average Bonchev–Trinajstić information content (AvgIpc) is 2.83. The van der Waals surface area contributed by atoms with Crippen LogP contribution in [0.3, 0.4) is 0 Å². The average molecular weight is 289 g/mol. The van der Waals surface area contributed by atoms with Crippen molar-refractivity contribution >= 4 is 11.9 Å². The fourth-order valence-corrected chi connectivity index (χ4v) is 2.25. The number of nitrogens with zero attached hydrogens (tertiary/aromatic N) is 1. The highest BCUT2D eigenvalue weighted by Crippen LogP contribution is 2.18. The second-order valence-corrected chi connectivity index (χ2v) is 5.17. The molecule has 0 saturated heterocycles. The monoisotopic (exact) mass is 289 g/mol. The lowest BCUT2D eigenvalue weighted by atomic mass is 10.1. The minimum atomic E-state index is -0.330. The van der Waals surface area contributed by atoms with Crippen LogP contribution >= 0.6 is 0 Å². The lowest BCUT2D eigenvalue weighted by molar-refractivity contribution is -0.149. The predicted octanol–water partition coefficient (Wildman–Crippen LogP) is 2.13. The van der Waals surface area contributed by atoms with Crippen molar-refractivity contribution in [2.45, 2.75) is 45.3 Å². The quantitative estimate of drug-likeness (QED) is 0.613. The van der Waals surface area contributed by atoms with Gasteiger partial charge in [0, 0.05) is 32.2 Å². The number of hydrogen-bond donors (Lipinski definition) is 0. The number of carbonyl (C=O) groups excluding carboxylic acids is 2. The Kier molecular flexibility index (Phi) is 5.09. The van der Waals surface area contributed by atoms with Crippen LogP contribution in [-0.2, 0) is 25.5 Å². The molecule has 0 aromatic carbocycles. The molecule has 0 aliphatic heterocycles. The molecule has 0 fully saturated rings. The zero-order valence-electron chi connectivity index (χ0n) is 12.2. The minimum absolute atomic E-state index is 0.255. The summed E-state index contributed by atoms with van der Waals surface area (Å²) >= 11 is 0. The molecule has 1 aliphatic carbocycles. The molecule has 0 amide bonds. The van der Waals surface area contributed by atoms with Gasteiger partial charge in [-0.15, -0.1) is 0 Å². The number of ether oxygens (including phenoxy) is 2. The summed E-state index contributed by atoms with van der Waals surface area (Å²) in [5.41, 5.74) is 2.09. The van der Waals surface area contributed by atoms with Gasteiger partial charge >= 0.3 is 11.9 Å². The van der Waals surface area contributed by atoms with Gasteiger partial charge in [-0.2, -0.15) is 0 Å². The molecule has 5 heteroatoms. The Labute approximate surface area is 124 Å². The van der Waals surface area contributed by atoms with Crippen molar-refractivity contribution in [2.75, 3.05) is 0 Å². The van der Waals surface area contributed by atoms with E-state index in [1.807, 2.05) is 13.0 Å². The highest BCUT2D eigenvalue weighted by molar-refractivity contribution is 5.70. The summed E-state index contributed by atoms with van der Waals surface area (Å²) < 4.78 is 10.4. The molecule has 21 heavy (non-hydrogen) atoms. The molecule has 2 atom stereocenters. The number of pyridine rings is 1. The molecule has 1 aromatic heterocycles. The van der Waals surface area contributed by atoms with Crippen LogP contribution in [0.15, 0.2) is 30.6 Å². The molecule has 0 bridgehead atoms. The summed E-state index contributed by atoms with van der Waals surface area (Å²) in [6, 6.07) is 2.01. The minimum Gasteiger partial charge on any atom is -0.458 e. The van der Waals surface area contributed by atoms with Gasteiger partial charge in [-0.3, -0.25) is 14.6 Å². The van der Waals surface area contributed by atoms with E-state index in [4.69, 9.17) is 9.47 Å². The zero-order chi connectivity index (χ0) is 15.2. The van der Waals surface area contributed by atoms with Crippen molar-refractivity contribution in [3.63, 3.8) is 0 Å². The van der Waals surface area contributed by atoms with Crippen LogP contribution in [0.5, 0.6) is 0 Å². The first kappa shape index (κ1) is 15.2. The Morgan fingerprint density at radius 3 is 2.62 bits per heavy atom. The van der Waals surface area contributed by atoms with Crippen LogP contribution in [0.2, 0.25) is 0 Å². The van der Waals surface area contributed by atoms with E-state index in [2.05, 4.69) is 4.98 Å². The van der Waals surface area contributed by atoms with Crippen molar-refractivity contribution in [2.24, 2.45) is 0 Å². The summed E-state index contributed by atoms with van der Waals surface area (Å²) in [5, 5.41) is 0. The summed E-state index contributed by atoms with van der Waals surface area (Å²) in [6.45, 7) is 3.33. The maximum atomic E-state index is 11.8. The third-order valence-corrected chi connectivity index (χ3v) is 3.15. The topological polar surface area (TPSA) is 65.5 Å². The SMILES string of the molecule is CC(=O)O[C@H]1C=C[C@@H](OC(=O)CCc2cncc(C)c2)C1. The fourth-order valence-electron chi connectivity index (χ4n) is 2.25. The number of rotatable bonds is 5. The molecule has 0 unspecified atom stereocenters. The molecule has 5 nitrogen and oxygen atoms in total. The molecular weight excluding hydrogens is 270 g/mol. The van der Waals surface area contributed by atoms with Crippen LogP contribution in [0.1, 0.15) is 30.9 Å². The van der Waals surface area contributed by atoms with Gasteiger partial charge in [-0.05, 0) is 36.6 Å². The lowest BCUT2D eigenvalue weighted by Crippen LogP contribution is -2.19. The third kappa shape index (κ3) is 5.02. The van der Waals surface area contributed by atoms with Gasteiger partial charge in [-0.1, -0.05) is 6.07 Å². The summed E-state index contributed by atoms with van der Waals surface area (Å²) in [5.74, 6) is -0.585. The highest BCUT2D eigenvalue weighted by Gasteiger charge is 2.23. The van der Waals surface area contributed by atoms with Crippen LogP contribution in [0, 0.1) is 6.92 Å². The van der Waals surface area contributed by atoms with Crippen molar-refractivity contribution in [3.05, 3.63) is 41.7 Å². The molecular formula is C16H19NO4. The Bertz CT molecular complexity index is 553. The van der Waals surface area contributed by atoms with E-state index in [9.17, 15) is 9.59 Å². The van der Waals surface area contributed by atoms with Crippen molar-refractivity contribution in [1.82, 2.24) is 4.98 Å². The number of aryl methyl sites for hydroxylation is 2. The molecule has 0 saturated carbocycles. The summed E-state index contributed by atoms with van der Waals surface area (Å²) in [7, 11) is 0. The van der Waals surface area contributed by atoms with Gasteiger partial charge in [0.2, 0.25) is 0 Å². The van der Waals surface area contributed by atoms with E-state index in [-0.39, 0.29) is 24.1 Å². The second-order valence-electron chi connectivity index (χ2n) is 5.17. The van der Waals surface area contributed by atoms with E-state index in [1.54, 1.807) is 24.5 Å². The first-order chi connectivity index (χ1) is 10.0. The largest absolute Gasteiger partial charge is 0.458 e. The lowest BCUT2D eigenvalue weighted by Gasteiger charge is -2.13. The first-order valence-electron chi connectivity index (χ1n) is 6.98. The van der Waals surface area contributed by atoms with E-state index in [0.29, 0.717) is 19.3 Å². The highest BCUT2D eigenvalue weighted by atomic mass is 16.6. The Hall–Kier alpha value is -2.17. The van der Waals surface area contributed by atoms with E-state index in [1.165, 1.54) is 6.92 Å². The summed E-state index contributed by atoms with van der Waals surface area (Å²) in [6.07, 6.45) is 7.87. The molecule has 1 heterocycles. The van der Waals surface area contributed by atoms with Crippen molar-refractivity contribution in [3.8, 4) is 0 Å². The maximum absolute atomic E-state index is 11.8. The molecule has 1 aromatic rings. The van der Waals surface area contributed by atoms with Crippen molar-refractivity contribution < 1.29 is 19.1 Å². The number of aromatic nitrogens is 1. The predicted molar refractivity (Wildman–Crippen MR) is 76.5 cm³/mol. The standard InChI is InChI=1S/C16H19NO4/c1-11-7-13(10-17-9-11)3-6-16(19)21-15-5-4-14(8-15)20-12(2)18/h4-5,7,9-10,14-15H,3,6,8H2,1-2H3/t14-,15+/m0/s1. The smallest absolute Gasteiger partial charge is 0.306 e. The van der Waals surface area contributed by atoms with Crippen LogP contribution in [0.25, 0.3) is 0 Å². The fraction of sp³-hybridized carbons (Fsp3) is 0.438. The Balaban J connectivity index is 1.73. The van der Waals surface area contributed by atoms with Gasteiger partial charge in [-0.25, -0.2) is 0 Å². The van der Waals surface area contributed by atoms with Crippen molar-refractivity contribution in [1.29, 1.82) is 0 Å². The van der Waals surface area contributed by atoms with Gasteiger partial charge < -0.3 is 9.47 Å². The number of hydrogen-bond acceptors (Lipinski definition) is 5. The second kappa shape index (κ2) is 7.02. The van der Waals surface area contributed by atoms with Crippen LogP contribution < -0.4 is 0 Å².